The van der Waals surface area contributed by atoms with Gasteiger partial charge in [0.25, 0.3) is 0 Å². The van der Waals surface area contributed by atoms with Gasteiger partial charge in [0, 0.05) is 16.1 Å². The molecule has 3 rings (SSSR count). The quantitative estimate of drug-likeness (QED) is 0.786. The highest BCUT2D eigenvalue weighted by molar-refractivity contribution is 9.10. The van der Waals surface area contributed by atoms with Gasteiger partial charge in [-0.3, -0.25) is 9.69 Å². The van der Waals surface area contributed by atoms with E-state index in [4.69, 9.17) is 5.73 Å². The molecule has 5 heteroatoms. The Morgan fingerprint density at radius 2 is 2.09 bits per heavy atom. The fourth-order valence-corrected chi connectivity index (χ4v) is 4.52. The Morgan fingerprint density at radius 3 is 2.73 bits per heavy atom. The van der Waals surface area contributed by atoms with Gasteiger partial charge in [0.05, 0.1) is 17.4 Å². The summed E-state index contributed by atoms with van der Waals surface area (Å²) in [5.41, 5.74) is 7.30. The molecule has 1 aliphatic carbocycles. The summed E-state index contributed by atoms with van der Waals surface area (Å²) in [7, 11) is 0. The van der Waals surface area contributed by atoms with Crippen LogP contribution >= 0.6 is 15.9 Å². The molecule has 3 atom stereocenters. The lowest BCUT2D eigenvalue weighted by Gasteiger charge is -2.43. The van der Waals surface area contributed by atoms with Crippen molar-refractivity contribution in [1.29, 1.82) is 0 Å². The van der Waals surface area contributed by atoms with Crippen molar-refractivity contribution in [3.05, 3.63) is 22.7 Å². The molecule has 0 unspecified atom stereocenters. The third-order valence-corrected chi connectivity index (χ3v) is 5.39. The van der Waals surface area contributed by atoms with Crippen LogP contribution in [-0.4, -0.2) is 28.4 Å². The lowest BCUT2D eigenvalue weighted by atomic mass is 9.93. The van der Waals surface area contributed by atoms with Crippen molar-refractivity contribution in [2.45, 2.75) is 57.7 Å². The molecule has 1 saturated carbocycles. The second-order valence-electron chi connectivity index (χ2n) is 7.47. The topological polar surface area (TPSA) is 58.4 Å². The number of rotatable bonds is 2. The van der Waals surface area contributed by atoms with Crippen LogP contribution in [0.5, 0.6) is 0 Å². The first-order chi connectivity index (χ1) is 10.3. The third kappa shape index (κ3) is 2.76. The van der Waals surface area contributed by atoms with Crippen molar-refractivity contribution in [3.8, 4) is 0 Å². The van der Waals surface area contributed by atoms with E-state index < -0.39 is 0 Å². The Morgan fingerprint density at radius 1 is 1.36 bits per heavy atom. The second-order valence-corrected chi connectivity index (χ2v) is 8.39. The summed E-state index contributed by atoms with van der Waals surface area (Å²) < 4.78 is 0.916. The lowest BCUT2D eigenvalue weighted by Crippen LogP contribution is -2.56. The molecule has 1 heterocycles. The molecule has 2 fully saturated rings. The second kappa shape index (κ2) is 5.53. The summed E-state index contributed by atoms with van der Waals surface area (Å²) in [5, 5.41) is 3.04. The molecule has 1 aromatic rings. The van der Waals surface area contributed by atoms with E-state index in [2.05, 4.69) is 46.9 Å². The molecule has 1 saturated heterocycles. The molecular formula is C17H24BrN3O. The van der Waals surface area contributed by atoms with Gasteiger partial charge in [0.1, 0.15) is 0 Å². The smallest absolute Gasteiger partial charge is 0.242 e. The van der Waals surface area contributed by atoms with Gasteiger partial charge in [-0.2, -0.15) is 0 Å². The first-order valence-electron chi connectivity index (χ1n) is 7.91. The zero-order chi connectivity index (χ0) is 16.1. The number of hydrogen-bond donors (Lipinski definition) is 2. The van der Waals surface area contributed by atoms with Gasteiger partial charge < -0.3 is 11.1 Å². The number of carbonyl (C=O) groups is 1. The number of amides is 1. The number of nitrogens with one attached hydrogen (secondary N) is 1. The van der Waals surface area contributed by atoms with Gasteiger partial charge in [0.2, 0.25) is 5.91 Å². The zero-order valence-electron chi connectivity index (χ0n) is 13.4. The highest BCUT2D eigenvalue weighted by Gasteiger charge is 2.52. The van der Waals surface area contributed by atoms with Crippen molar-refractivity contribution in [3.63, 3.8) is 0 Å². The summed E-state index contributed by atoms with van der Waals surface area (Å²) in [6.07, 6.45) is 3.52. The molecule has 1 aliphatic heterocycles. The zero-order valence-corrected chi connectivity index (χ0v) is 15.0. The lowest BCUT2D eigenvalue weighted by molar-refractivity contribution is -0.125. The Hall–Kier alpha value is -1.07. The molecule has 0 aromatic heterocycles. The predicted octanol–water partition coefficient (Wildman–Crippen LogP) is 3.62. The summed E-state index contributed by atoms with van der Waals surface area (Å²) >= 11 is 3.39. The molecule has 2 aliphatic rings. The molecule has 1 aromatic carbocycles. The van der Waals surface area contributed by atoms with Gasteiger partial charge in [-0.15, -0.1) is 0 Å². The molecule has 120 valence electrons. The minimum Gasteiger partial charge on any atom is -0.397 e. The van der Waals surface area contributed by atoms with E-state index in [1.165, 1.54) is 6.42 Å². The number of nitrogens with zero attached hydrogens (tertiary/aromatic N) is 1. The summed E-state index contributed by atoms with van der Waals surface area (Å²) in [6, 6.07) is 6.07. The normalized spacial score (nSPS) is 28.1. The first-order valence-corrected chi connectivity index (χ1v) is 8.71. The molecule has 2 bridgehead atoms. The Labute approximate surface area is 140 Å². The molecule has 3 N–H and O–H groups in total. The number of likely N-dealkylation sites (tertiary alicyclic amines) is 1. The number of carbonyl (C=O) groups excluding carboxylic acids is 1. The first kappa shape index (κ1) is 15.8. The van der Waals surface area contributed by atoms with Crippen molar-refractivity contribution in [2.24, 2.45) is 5.92 Å². The predicted molar refractivity (Wildman–Crippen MR) is 93.7 cm³/mol. The van der Waals surface area contributed by atoms with E-state index in [0.29, 0.717) is 23.3 Å². The average molecular weight is 366 g/mol. The van der Waals surface area contributed by atoms with Crippen molar-refractivity contribution < 1.29 is 4.79 Å². The van der Waals surface area contributed by atoms with E-state index in [1.54, 1.807) is 0 Å². The van der Waals surface area contributed by atoms with Gasteiger partial charge in [-0.25, -0.2) is 0 Å². The molecule has 22 heavy (non-hydrogen) atoms. The molecule has 0 radical (unpaired) electrons. The summed E-state index contributed by atoms with van der Waals surface area (Å²) in [6.45, 7) is 6.59. The van der Waals surface area contributed by atoms with E-state index in [0.717, 1.165) is 17.3 Å². The standard InChI is InChI=1S/C17H24BrN3O/c1-17(2,3)21-12-6-4-10(8-12)15(21)16(22)20-14-7-5-11(18)9-13(14)19/h5,7,9-10,12,15H,4,6,8,19H2,1-3H3,(H,20,22)/t10-,12+,15-/m0/s1. The van der Waals surface area contributed by atoms with Crippen LogP contribution < -0.4 is 11.1 Å². The van der Waals surface area contributed by atoms with Crippen LogP contribution in [0.4, 0.5) is 11.4 Å². The summed E-state index contributed by atoms with van der Waals surface area (Å²) in [5.74, 6) is 0.553. The molecular weight excluding hydrogens is 342 g/mol. The molecule has 1 amide bonds. The van der Waals surface area contributed by atoms with Crippen LogP contribution in [0.3, 0.4) is 0 Å². The van der Waals surface area contributed by atoms with Gasteiger partial charge in [-0.1, -0.05) is 15.9 Å². The maximum Gasteiger partial charge on any atom is 0.242 e. The fourth-order valence-electron chi connectivity index (χ4n) is 4.14. The number of halogens is 1. The van der Waals surface area contributed by atoms with Gasteiger partial charge >= 0.3 is 0 Å². The number of nitrogens with two attached hydrogens (primary N) is 1. The van der Waals surface area contributed by atoms with Crippen molar-refractivity contribution in [2.75, 3.05) is 11.1 Å². The van der Waals surface area contributed by atoms with Crippen LogP contribution in [0, 0.1) is 5.92 Å². The molecule has 0 spiro atoms. The minimum absolute atomic E-state index is 0.00705. The van der Waals surface area contributed by atoms with E-state index in [9.17, 15) is 4.79 Å². The molecule has 4 nitrogen and oxygen atoms in total. The van der Waals surface area contributed by atoms with Crippen LogP contribution in [0.25, 0.3) is 0 Å². The van der Waals surface area contributed by atoms with E-state index in [-0.39, 0.29) is 17.5 Å². The van der Waals surface area contributed by atoms with E-state index in [1.807, 2.05) is 18.2 Å². The number of benzene rings is 1. The van der Waals surface area contributed by atoms with Gasteiger partial charge in [0.15, 0.2) is 0 Å². The maximum atomic E-state index is 12.9. The number of nitrogen functional groups attached to an aromatic ring is 1. The van der Waals surface area contributed by atoms with Crippen LogP contribution in [0.15, 0.2) is 22.7 Å². The minimum atomic E-state index is -0.0400. The van der Waals surface area contributed by atoms with Crippen molar-refractivity contribution in [1.82, 2.24) is 4.90 Å². The van der Waals surface area contributed by atoms with Crippen LogP contribution in [0.2, 0.25) is 0 Å². The van der Waals surface area contributed by atoms with Crippen LogP contribution in [0.1, 0.15) is 40.0 Å². The van der Waals surface area contributed by atoms with Gasteiger partial charge in [-0.05, 0) is 64.2 Å². The largest absolute Gasteiger partial charge is 0.397 e. The SMILES string of the molecule is CC(C)(C)N1[C@@H]2CC[C@@H](C2)[C@H]1C(=O)Nc1ccc(Br)cc1N. The van der Waals surface area contributed by atoms with Crippen LogP contribution in [-0.2, 0) is 4.79 Å². The maximum absolute atomic E-state index is 12.9. The monoisotopic (exact) mass is 365 g/mol. The Balaban J connectivity index is 1.82. The number of hydrogen-bond acceptors (Lipinski definition) is 3. The fraction of sp³-hybridized carbons (Fsp3) is 0.588. The number of piperidine rings is 1. The highest BCUT2D eigenvalue weighted by atomic mass is 79.9. The average Bonchev–Trinajstić information content (AvgIpc) is 3.01. The highest BCUT2D eigenvalue weighted by Crippen LogP contribution is 2.46. The third-order valence-electron chi connectivity index (χ3n) is 4.90. The Kier molecular flexibility index (Phi) is 3.98. The summed E-state index contributed by atoms with van der Waals surface area (Å²) in [4.78, 5) is 15.3. The Bertz CT molecular complexity index is 596. The number of anilines is 2. The van der Waals surface area contributed by atoms with Crippen molar-refractivity contribution >= 4 is 33.2 Å². The number of fused-ring (bicyclic) bond motifs is 2. The van der Waals surface area contributed by atoms with E-state index >= 15 is 0 Å².